The highest BCUT2D eigenvalue weighted by Crippen LogP contribution is 2.17. The van der Waals surface area contributed by atoms with Crippen LogP contribution in [-0.4, -0.2) is 64.4 Å². The fourth-order valence-corrected chi connectivity index (χ4v) is 3.09. The van der Waals surface area contributed by atoms with Crippen LogP contribution < -0.4 is 15.4 Å². The molecule has 1 aromatic rings. The first-order valence-electron chi connectivity index (χ1n) is 8.58. The Morgan fingerprint density at radius 1 is 1.29 bits per heavy atom. The Hall–Kier alpha value is -1.79. The lowest BCUT2D eigenvalue weighted by atomic mass is 10.2. The second kappa shape index (κ2) is 10.2. The van der Waals surface area contributed by atoms with E-state index in [0.717, 1.165) is 43.5 Å². The van der Waals surface area contributed by atoms with E-state index in [-0.39, 0.29) is 0 Å². The summed E-state index contributed by atoms with van der Waals surface area (Å²) in [4.78, 5) is 6.81. The van der Waals surface area contributed by atoms with Gasteiger partial charge in [0.2, 0.25) is 0 Å². The fraction of sp³-hybridized carbons (Fsp3) is 0.611. The quantitative estimate of drug-likeness (QED) is 0.557. The Morgan fingerprint density at radius 3 is 2.88 bits per heavy atom. The number of nitrogens with one attached hydrogen (secondary N) is 2. The van der Waals surface area contributed by atoms with Gasteiger partial charge in [-0.2, -0.15) is 0 Å². The molecule has 1 saturated heterocycles. The van der Waals surface area contributed by atoms with Crippen LogP contribution in [0.3, 0.4) is 0 Å². The zero-order valence-corrected chi connectivity index (χ0v) is 15.0. The molecule has 1 aromatic carbocycles. The summed E-state index contributed by atoms with van der Waals surface area (Å²) in [7, 11) is 5.25. The van der Waals surface area contributed by atoms with Crippen molar-refractivity contribution in [2.45, 2.75) is 25.4 Å². The van der Waals surface area contributed by atoms with E-state index in [9.17, 15) is 0 Å². The fourth-order valence-electron chi connectivity index (χ4n) is 3.09. The summed E-state index contributed by atoms with van der Waals surface area (Å²) >= 11 is 0. The predicted octanol–water partition coefficient (Wildman–Crippen LogP) is 1.47. The molecule has 1 heterocycles. The number of para-hydroxylation sites is 1. The summed E-state index contributed by atoms with van der Waals surface area (Å²) in [6, 6.07) is 8.57. The SMILES string of the molecule is CN=C(NCc1ccccc1OC)NCC1CCCN1CCOC. The molecular weight excluding hydrogens is 304 g/mol. The van der Waals surface area contributed by atoms with Gasteiger partial charge in [0.25, 0.3) is 0 Å². The molecule has 0 aromatic heterocycles. The van der Waals surface area contributed by atoms with Crippen molar-refractivity contribution >= 4 is 5.96 Å². The van der Waals surface area contributed by atoms with Crippen LogP contribution in [0.4, 0.5) is 0 Å². The second-order valence-corrected chi connectivity index (χ2v) is 5.94. The minimum atomic E-state index is 0.546. The Morgan fingerprint density at radius 2 is 2.12 bits per heavy atom. The van der Waals surface area contributed by atoms with Gasteiger partial charge in [0, 0.05) is 45.4 Å². The second-order valence-electron chi connectivity index (χ2n) is 5.94. The standard InChI is InChI=1S/C18H30N4O2/c1-19-18(20-13-15-7-4-5-9-17(15)24-3)21-14-16-8-6-10-22(16)11-12-23-2/h4-5,7,9,16H,6,8,10-14H2,1-3H3,(H2,19,20,21). The van der Waals surface area contributed by atoms with Gasteiger partial charge in [0.05, 0.1) is 13.7 Å². The van der Waals surface area contributed by atoms with Crippen LogP contribution in [0.15, 0.2) is 29.3 Å². The van der Waals surface area contributed by atoms with Crippen LogP contribution >= 0.6 is 0 Å². The predicted molar refractivity (Wildman–Crippen MR) is 97.7 cm³/mol. The number of hydrogen-bond acceptors (Lipinski definition) is 4. The van der Waals surface area contributed by atoms with Crippen molar-refractivity contribution in [2.75, 3.05) is 47.5 Å². The lowest BCUT2D eigenvalue weighted by Crippen LogP contribution is -2.45. The lowest BCUT2D eigenvalue weighted by Gasteiger charge is -2.25. The number of benzene rings is 1. The van der Waals surface area contributed by atoms with Crippen molar-refractivity contribution in [3.63, 3.8) is 0 Å². The zero-order chi connectivity index (χ0) is 17.2. The Bertz CT molecular complexity index is 521. The van der Waals surface area contributed by atoms with Crippen molar-refractivity contribution in [3.8, 4) is 5.75 Å². The van der Waals surface area contributed by atoms with Gasteiger partial charge in [-0.05, 0) is 25.5 Å². The van der Waals surface area contributed by atoms with Gasteiger partial charge >= 0.3 is 0 Å². The maximum absolute atomic E-state index is 5.39. The summed E-state index contributed by atoms with van der Waals surface area (Å²) in [5.74, 6) is 1.71. The molecule has 0 amide bonds. The van der Waals surface area contributed by atoms with Gasteiger partial charge in [0.1, 0.15) is 5.75 Å². The minimum Gasteiger partial charge on any atom is -0.496 e. The van der Waals surface area contributed by atoms with Gasteiger partial charge in [-0.25, -0.2) is 0 Å². The molecule has 134 valence electrons. The van der Waals surface area contributed by atoms with E-state index in [2.05, 4.69) is 26.6 Å². The van der Waals surface area contributed by atoms with Crippen LogP contribution in [-0.2, 0) is 11.3 Å². The Labute approximate surface area is 145 Å². The number of guanidine groups is 1. The number of likely N-dealkylation sites (tertiary alicyclic amines) is 1. The van der Waals surface area contributed by atoms with Gasteiger partial charge in [-0.3, -0.25) is 9.89 Å². The molecule has 0 bridgehead atoms. The topological polar surface area (TPSA) is 58.1 Å². The van der Waals surface area contributed by atoms with E-state index in [0.29, 0.717) is 12.6 Å². The molecule has 2 N–H and O–H groups in total. The summed E-state index contributed by atoms with van der Waals surface area (Å²) in [6.07, 6.45) is 2.48. The normalized spacial score (nSPS) is 18.6. The molecule has 0 radical (unpaired) electrons. The van der Waals surface area contributed by atoms with Gasteiger partial charge in [-0.1, -0.05) is 18.2 Å². The monoisotopic (exact) mass is 334 g/mol. The Kier molecular flexibility index (Phi) is 7.85. The summed E-state index contributed by atoms with van der Waals surface area (Å²) in [6.45, 7) is 4.52. The van der Waals surface area contributed by atoms with Gasteiger partial charge in [-0.15, -0.1) is 0 Å². The molecule has 2 rings (SSSR count). The van der Waals surface area contributed by atoms with Crippen LogP contribution in [0.2, 0.25) is 0 Å². The first-order chi connectivity index (χ1) is 11.8. The van der Waals surface area contributed by atoms with Gasteiger partial charge < -0.3 is 20.1 Å². The number of ether oxygens (including phenoxy) is 2. The molecule has 0 saturated carbocycles. The molecule has 0 spiro atoms. The molecule has 0 aliphatic carbocycles. The van der Waals surface area contributed by atoms with Crippen molar-refractivity contribution in [1.29, 1.82) is 0 Å². The maximum atomic E-state index is 5.39. The summed E-state index contributed by atoms with van der Waals surface area (Å²) in [5, 5.41) is 6.80. The van der Waals surface area contributed by atoms with Crippen molar-refractivity contribution < 1.29 is 9.47 Å². The van der Waals surface area contributed by atoms with Crippen LogP contribution in [0.25, 0.3) is 0 Å². The lowest BCUT2D eigenvalue weighted by molar-refractivity contribution is 0.141. The summed E-state index contributed by atoms with van der Waals surface area (Å²) < 4.78 is 10.6. The average molecular weight is 334 g/mol. The molecule has 1 aliphatic heterocycles. The molecule has 24 heavy (non-hydrogen) atoms. The highest BCUT2D eigenvalue weighted by atomic mass is 16.5. The molecule has 1 atom stereocenters. The van der Waals surface area contributed by atoms with E-state index >= 15 is 0 Å². The third-order valence-corrected chi connectivity index (χ3v) is 4.45. The average Bonchev–Trinajstić information content (AvgIpc) is 3.07. The smallest absolute Gasteiger partial charge is 0.191 e. The number of methoxy groups -OCH3 is 2. The van der Waals surface area contributed by atoms with E-state index in [1.165, 1.54) is 12.8 Å². The molecule has 1 unspecified atom stereocenters. The third-order valence-electron chi connectivity index (χ3n) is 4.45. The van der Waals surface area contributed by atoms with E-state index in [4.69, 9.17) is 9.47 Å². The number of rotatable bonds is 8. The molecule has 6 nitrogen and oxygen atoms in total. The first-order valence-corrected chi connectivity index (χ1v) is 8.58. The van der Waals surface area contributed by atoms with E-state index < -0.39 is 0 Å². The zero-order valence-electron chi connectivity index (χ0n) is 15.0. The summed E-state index contributed by atoms with van der Waals surface area (Å²) in [5.41, 5.74) is 1.12. The first kappa shape index (κ1) is 18.5. The molecular formula is C18H30N4O2. The number of nitrogens with zero attached hydrogens (tertiary/aromatic N) is 2. The van der Waals surface area contributed by atoms with E-state index in [1.54, 1.807) is 21.3 Å². The third kappa shape index (κ3) is 5.39. The minimum absolute atomic E-state index is 0.546. The number of hydrogen-bond donors (Lipinski definition) is 2. The van der Waals surface area contributed by atoms with Crippen LogP contribution in [0.1, 0.15) is 18.4 Å². The van der Waals surface area contributed by atoms with E-state index in [1.807, 2.05) is 18.2 Å². The van der Waals surface area contributed by atoms with Crippen molar-refractivity contribution in [3.05, 3.63) is 29.8 Å². The van der Waals surface area contributed by atoms with Gasteiger partial charge in [0.15, 0.2) is 5.96 Å². The maximum Gasteiger partial charge on any atom is 0.191 e. The largest absolute Gasteiger partial charge is 0.496 e. The Balaban J connectivity index is 1.80. The molecule has 6 heteroatoms. The van der Waals surface area contributed by atoms with Crippen molar-refractivity contribution in [1.82, 2.24) is 15.5 Å². The number of aliphatic imine (C=N–C) groups is 1. The molecule has 1 fully saturated rings. The van der Waals surface area contributed by atoms with Crippen LogP contribution in [0.5, 0.6) is 5.75 Å². The highest BCUT2D eigenvalue weighted by Gasteiger charge is 2.23. The van der Waals surface area contributed by atoms with Crippen LogP contribution in [0, 0.1) is 0 Å². The molecule has 1 aliphatic rings. The highest BCUT2D eigenvalue weighted by molar-refractivity contribution is 5.79. The van der Waals surface area contributed by atoms with Crippen molar-refractivity contribution in [2.24, 2.45) is 4.99 Å².